The molecule has 1 aliphatic heterocycles. The monoisotopic (exact) mass is 459 g/mol. The molecule has 0 radical (unpaired) electrons. The van der Waals surface area contributed by atoms with E-state index in [1.54, 1.807) is 31.4 Å². The first kappa shape index (κ1) is 20.2. The molecule has 144 valence electrons. The fourth-order valence-electron chi connectivity index (χ4n) is 3.02. The fraction of sp³-hybridized carbons (Fsp3) is 0.150. The zero-order valence-corrected chi connectivity index (χ0v) is 17.5. The van der Waals surface area contributed by atoms with E-state index >= 15 is 0 Å². The number of imide groups is 1. The number of carbonyl (C=O) groups excluding carboxylic acids is 2. The van der Waals surface area contributed by atoms with Crippen LogP contribution in [0.25, 0.3) is 0 Å². The molecule has 2 heterocycles. The molecule has 4 rings (SSSR count). The SMILES string of the molecule is COc1ccc([NH2+]c2nc(CCN3C(=O)c4ccccc4C3=O)cs2)cc1.[Br-]. The fourth-order valence-corrected chi connectivity index (χ4v) is 3.82. The van der Waals surface area contributed by atoms with Crippen LogP contribution in [-0.4, -0.2) is 35.4 Å². The third kappa shape index (κ3) is 3.99. The van der Waals surface area contributed by atoms with Crippen LogP contribution in [0.4, 0.5) is 10.8 Å². The van der Waals surface area contributed by atoms with Crippen LogP contribution in [0.3, 0.4) is 0 Å². The molecule has 0 spiro atoms. The average Bonchev–Trinajstić information content (AvgIpc) is 3.24. The van der Waals surface area contributed by atoms with Crippen molar-refractivity contribution < 1.29 is 36.6 Å². The number of ether oxygens (including phenoxy) is 1. The van der Waals surface area contributed by atoms with Crippen molar-refractivity contribution in [3.05, 3.63) is 70.7 Å². The predicted octanol–water partition coefficient (Wildman–Crippen LogP) is -0.479. The zero-order valence-electron chi connectivity index (χ0n) is 15.1. The lowest BCUT2D eigenvalue weighted by molar-refractivity contribution is -0.478. The van der Waals surface area contributed by atoms with Crippen molar-refractivity contribution in [2.24, 2.45) is 0 Å². The number of hydrogen-bond acceptors (Lipinski definition) is 5. The molecule has 28 heavy (non-hydrogen) atoms. The Kier molecular flexibility index (Phi) is 6.23. The largest absolute Gasteiger partial charge is 1.00 e. The summed E-state index contributed by atoms with van der Waals surface area (Å²) < 4.78 is 5.16. The molecule has 0 aliphatic carbocycles. The Labute approximate surface area is 176 Å². The van der Waals surface area contributed by atoms with Crippen molar-refractivity contribution in [3.8, 4) is 5.75 Å². The second-order valence-corrected chi connectivity index (χ2v) is 7.04. The molecule has 2 N–H and O–H groups in total. The van der Waals surface area contributed by atoms with Crippen LogP contribution in [0.2, 0.25) is 0 Å². The van der Waals surface area contributed by atoms with Crippen molar-refractivity contribution in [2.75, 3.05) is 13.7 Å². The van der Waals surface area contributed by atoms with E-state index < -0.39 is 0 Å². The molecule has 1 aliphatic rings. The van der Waals surface area contributed by atoms with Gasteiger partial charge in [-0.25, -0.2) is 0 Å². The molecule has 2 aromatic carbocycles. The number of rotatable bonds is 6. The summed E-state index contributed by atoms with van der Waals surface area (Å²) in [6.07, 6.45) is 0.540. The number of thiazole rings is 1. The van der Waals surface area contributed by atoms with Crippen LogP contribution in [-0.2, 0) is 6.42 Å². The summed E-state index contributed by atoms with van der Waals surface area (Å²) >= 11 is 1.54. The Morgan fingerprint density at radius 1 is 1.04 bits per heavy atom. The summed E-state index contributed by atoms with van der Waals surface area (Å²) in [5, 5.41) is 4.85. The normalized spacial score (nSPS) is 12.7. The molecule has 0 fully saturated rings. The van der Waals surface area contributed by atoms with Gasteiger partial charge in [-0.05, 0) is 24.3 Å². The molecule has 0 saturated heterocycles. The number of fused-ring (bicyclic) bond motifs is 1. The van der Waals surface area contributed by atoms with E-state index in [0.29, 0.717) is 24.1 Å². The topological polar surface area (TPSA) is 76.1 Å². The predicted molar refractivity (Wildman–Crippen MR) is 102 cm³/mol. The molecule has 2 amide bonds. The van der Waals surface area contributed by atoms with Crippen LogP contribution in [0, 0.1) is 0 Å². The molecule has 8 heteroatoms. The van der Waals surface area contributed by atoms with E-state index in [-0.39, 0.29) is 28.8 Å². The Bertz CT molecular complexity index is 969. The van der Waals surface area contributed by atoms with Crippen LogP contribution in [0.1, 0.15) is 26.4 Å². The summed E-state index contributed by atoms with van der Waals surface area (Å²) in [5.41, 5.74) is 2.87. The quantitative estimate of drug-likeness (QED) is 0.399. The molecule has 0 atom stereocenters. The number of benzene rings is 2. The highest BCUT2D eigenvalue weighted by atomic mass is 79.9. The zero-order chi connectivity index (χ0) is 18.8. The van der Waals surface area contributed by atoms with Gasteiger partial charge >= 0.3 is 0 Å². The lowest BCUT2D eigenvalue weighted by atomic mass is 10.1. The molecule has 0 unspecified atom stereocenters. The maximum atomic E-state index is 12.4. The Morgan fingerprint density at radius 2 is 1.68 bits per heavy atom. The van der Waals surface area contributed by atoms with E-state index in [1.165, 1.54) is 16.2 Å². The van der Waals surface area contributed by atoms with Gasteiger partial charge in [0, 0.05) is 30.5 Å². The number of halogens is 1. The van der Waals surface area contributed by atoms with E-state index in [4.69, 9.17) is 4.74 Å². The Hall–Kier alpha value is -2.55. The summed E-state index contributed by atoms with van der Waals surface area (Å²) in [6.45, 7) is 0.331. The lowest BCUT2D eigenvalue weighted by Gasteiger charge is -2.12. The minimum Gasteiger partial charge on any atom is -1.00 e. The van der Waals surface area contributed by atoms with Crippen molar-refractivity contribution in [3.63, 3.8) is 0 Å². The molecule has 1 aromatic heterocycles. The van der Waals surface area contributed by atoms with Gasteiger partial charge in [0.05, 0.1) is 23.9 Å². The number of quaternary nitrogens is 1. The summed E-state index contributed by atoms with van der Waals surface area (Å²) in [4.78, 5) is 30.7. The first-order chi connectivity index (χ1) is 13.2. The van der Waals surface area contributed by atoms with Gasteiger partial charge in [-0.3, -0.25) is 19.8 Å². The summed E-state index contributed by atoms with van der Waals surface area (Å²) in [6, 6.07) is 14.7. The average molecular weight is 460 g/mol. The highest BCUT2D eigenvalue weighted by Crippen LogP contribution is 2.23. The van der Waals surface area contributed by atoms with Gasteiger partial charge in [0.25, 0.3) is 16.9 Å². The summed E-state index contributed by atoms with van der Waals surface area (Å²) in [5.74, 6) is 0.361. The highest BCUT2D eigenvalue weighted by molar-refractivity contribution is 7.12. The van der Waals surface area contributed by atoms with Gasteiger partial charge in [-0.2, -0.15) is 4.98 Å². The first-order valence-electron chi connectivity index (χ1n) is 8.54. The number of nitrogens with zero attached hydrogens (tertiary/aromatic N) is 2. The van der Waals surface area contributed by atoms with Gasteiger partial charge in [0.1, 0.15) is 11.4 Å². The number of amides is 2. The number of methoxy groups -OCH3 is 1. The number of nitrogens with two attached hydrogens (primary N) is 1. The second kappa shape index (κ2) is 8.64. The highest BCUT2D eigenvalue weighted by Gasteiger charge is 2.34. The molecule has 3 aromatic rings. The Morgan fingerprint density at radius 3 is 2.29 bits per heavy atom. The minimum atomic E-state index is -0.226. The van der Waals surface area contributed by atoms with Crippen molar-refractivity contribution in [2.45, 2.75) is 6.42 Å². The van der Waals surface area contributed by atoms with Crippen molar-refractivity contribution in [1.82, 2.24) is 9.88 Å². The van der Waals surface area contributed by atoms with Gasteiger partial charge in [-0.15, -0.1) is 0 Å². The molecule has 0 saturated carbocycles. The standard InChI is InChI=1S/C20H17N3O3S.BrH/c1-26-15-8-6-13(7-9-15)21-20-22-14(12-27-20)10-11-23-18(24)16-4-2-3-5-17(16)19(23)25;/h2-9,12H,10-11H2,1H3,(H,21,22);1H. The number of hydrogen-bond donors (Lipinski definition) is 1. The van der Waals surface area contributed by atoms with E-state index in [0.717, 1.165) is 22.3 Å². The molecule has 6 nitrogen and oxygen atoms in total. The van der Waals surface area contributed by atoms with Crippen LogP contribution < -0.4 is 27.0 Å². The minimum absolute atomic E-state index is 0. The Balaban J connectivity index is 0.00000225. The van der Waals surface area contributed by atoms with E-state index in [9.17, 15) is 9.59 Å². The number of aromatic nitrogens is 1. The maximum Gasteiger partial charge on any atom is 0.288 e. The van der Waals surface area contributed by atoms with Crippen molar-refractivity contribution in [1.29, 1.82) is 0 Å². The van der Waals surface area contributed by atoms with Crippen LogP contribution in [0.15, 0.2) is 53.9 Å². The smallest absolute Gasteiger partial charge is 0.288 e. The summed E-state index contributed by atoms with van der Waals surface area (Å²) in [7, 11) is 1.64. The second-order valence-electron chi connectivity index (χ2n) is 6.15. The third-order valence-electron chi connectivity index (χ3n) is 4.45. The van der Waals surface area contributed by atoms with Gasteiger partial charge < -0.3 is 21.7 Å². The van der Waals surface area contributed by atoms with Crippen LogP contribution in [0.5, 0.6) is 5.75 Å². The lowest BCUT2D eigenvalue weighted by Crippen LogP contribution is -3.00. The molecule has 0 bridgehead atoms. The van der Waals surface area contributed by atoms with Gasteiger partial charge in [0.2, 0.25) is 0 Å². The third-order valence-corrected chi connectivity index (χ3v) is 5.29. The van der Waals surface area contributed by atoms with Gasteiger partial charge in [-0.1, -0.05) is 23.5 Å². The van der Waals surface area contributed by atoms with E-state index in [1.807, 2.05) is 35.0 Å². The van der Waals surface area contributed by atoms with E-state index in [2.05, 4.69) is 4.98 Å². The molecular weight excluding hydrogens is 442 g/mol. The van der Waals surface area contributed by atoms with Gasteiger partial charge in [0.15, 0.2) is 0 Å². The van der Waals surface area contributed by atoms with Crippen molar-refractivity contribution >= 4 is 34.0 Å². The molecular formula is C20H18BrN3O3S. The first-order valence-corrected chi connectivity index (χ1v) is 9.42. The van der Waals surface area contributed by atoms with Crippen LogP contribution >= 0.6 is 11.3 Å². The maximum absolute atomic E-state index is 12.4. The number of carbonyl (C=O) groups is 2.